The summed E-state index contributed by atoms with van der Waals surface area (Å²) >= 11 is 8.48. The van der Waals surface area contributed by atoms with Gasteiger partial charge in [-0.25, -0.2) is 0 Å². The Kier molecular flexibility index (Phi) is 4.84. The molecule has 96 valence electrons. The van der Waals surface area contributed by atoms with Crippen molar-refractivity contribution in [2.24, 2.45) is 0 Å². The van der Waals surface area contributed by atoms with Crippen molar-refractivity contribution >= 4 is 43.2 Å². The molecule has 1 aromatic heterocycles. The number of ether oxygens (including phenoxy) is 1. The van der Waals surface area contributed by atoms with Crippen molar-refractivity contribution in [3.63, 3.8) is 0 Å². The van der Waals surface area contributed by atoms with Crippen molar-refractivity contribution in [2.45, 2.75) is 19.6 Å². The van der Waals surface area contributed by atoms with Crippen LogP contribution in [0.3, 0.4) is 0 Å². The van der Waals surface area contributed by atoms with Gasteiger partial charge in [0, 0.05) is 14.9 Å². The topological polar surface area (TPSA) is 29.5 Å². The average molecular weight is 392 g/mol. The number of benzene rings is 1. The van der Waals surface area contributed by atoms with Crippen LogP contribution in [0.2, 0.25) is 0 Å². The first-order valence-electron chi connectivity index (χ1n) is 5.41. The van der Waals surface area contributed by atoms with Crippen molar-refractivity contribution in [3.05, 3.63) is 49.0 Å². The van der Waals surface area contributed by atoms with Crippen LogP contribution in [0.25, 0.3) is 0 Å². The summed E-state index contributed by atoms with van der Waals surface area (Å²) in [6, 6.07) is 9.67. The van der Waals surface area contributed by atoms with Crippen LogP contribution in [0.1, 0.15) is 23.5 Å². The van der Waals surface area contributed by atoms with Crippen LogP contribution in [0, 0.1) is 0 Å². The van der Waals surface area contributed by atoms with E-state index < -0.39 is 6.10 Å². The minimum absolute atomic E-state index is 0.506. The van der Waals surface area contributed by atoms with Gasteiger partial charge in [0.05, 0.1) is 9.89 Å². The number of rotatable bonds is 4. The standard InChI is InChI=1S/C13H12Br2O2S/c1-8(16)11-4-2-9(14)6-12(11)17-7-10-3-5-13(15)18-10/h2-6,8,16H,7H2,1H3/t8-/m1/s1. The number of halogens is 2. The molecule has 2 nitrogen and oxygen atoms in total. The van der Waals surface area contributed by atoms with Gasteiger partial charge in [-0.2, -0.15) is 0 Å². The molecule has 0 aliphatic carbocycles. The Hall–Kier alpha value is -0.360. The Morgan fingerprint density at radius 3 is 2.67 bits per heavy atom. The van der Waals surface area contributed by atoms with E-state index in [4.69, 9.17) is 4.74 Å². The van der Waals surface area contributed by atoms with Gasteiger partial charge in [0.25, 0.3) is 0 Å². The summed E-state index contributed by atoms with van der Waals surface area (Å²) in [4.78, 5) is 1.14. The third-order valence-corrected chi connectivity index (χ3v) is 4.51. The first-order chi connectivity index (χ1) is 8.56. The predicted molar refractivity (Wildman–Crippen MR) is 81.1 cm³/mol. The molecule has 0 spiro atoms. The molecule has 0 saturated carbocycles. The lowest BCUT2D eigenvalue weighted by atomic mass is 10.1. The van der Waals surface area contributed by atoms with E-state index in [0.717, 1.165) is 18.7 Å². The van der Waals surface area contributed by atoms with Gasteiger partial charge in [-0.05, 0) is 47.1 Å². The molecule has 1 atom stereocenters. The molecule has 5 heteroatoms. The molecular weight excluding hydrogens is 380 g/mol. The molecule has 0 unspecified atom stereocenters. The summed E-state index contributed by atoms with van der Waals surface area (Å²) in [7, 11) is 0. The minimum atomic E-state index is -0.539. The fourth-order valence-electron chi connectivity index (χ4n) is 1.56. The van der Waals surface area contributed by atoms with Gasteiger partial charge in [-0.3, -0.25) is 0 Å². The van der Waals surface area contributed by atoms with Crippen molar-refractivity contribution in [1.82, 2.24) is 0 Å². The molecule has 2 aromatic rings. The quantitative estimate of drug-likeness (QED) is 0.802. The van der Waals surface area contributed by atoms with Crippen LogP contribution < -0.4 is 4.74 Å². The second-order valence-corrected chi connectivity index (χ2v) is 7.32. The zero-order valence-corrected chi connectivity index (χ0v) is 13.7. The van der Waals surface area contributed by atoms with Crippen molar-refractivity contribution < 1.29 is 9.84 Å². The van der Waals surface area contributed by atoms with E-state index in [9.17, 15) is 5.11 Å². The van der Waals surface area contributed by atoms with Gasteiger partial charge in [0.1, 0.15) is 12.4 Å². The van der Waals surface area contributed by atoms with Crippen molar-refractivity contribution in [3.8, 4) is 5.75 Å². The largest absolute Gasteiger partial charge is 0.488 e. The summed E-state index contributed by atoms with van der Waals surface area (Å²) in [5, 5.41) is 9.70. The second-order valence-electron chi connectivity index (χ2n) is 3.85. The van der Waals surface area contributed by atoms with E-state index in [1.165, 1.54) is 0 Å². The maximum Gasteiger partial charge on any atom is 0.126 e. The fraction of sp³-hybridized carbons (Fsp3) is 0.231. The van der Waals surface area contributed by atoms with Gasteiger partial charge in [0.15, 0.2) is 0 Å². The van der Waals surface area contributed by atoms with Crippen LogP contribution in [0.15, 0.2) is 38.6 Å². The first kappa shape index (κ1) is 14.1. The smallest absolute Gasteiger partial charge is 0.126 e. The molecule has 0 fully saturated rings. The van der Waals surface area contributed by atoms with E-state index in [2.05, 4.69) is 31.9 Å². The zero-order valence-electron chi connectivity index (χ0n) is 9.69. The van der Waals surface area contributed by atoms with Crippen molar-refractivity contribution in [2.75, 3.05) is 0 Å². The summed E-state index contributed by atoms with van der Waals surface area (Å²) < 4.78 is 7.81. The van der Waals surface area contributed by atoms with Crippen LogP contribution >= 0.6 is 43.2 Å². The zero-order chi connectivity index (χ0) is 13.1. The van der Waals surface area contributed by atoms with Crippen molar-refractivity contribution in [1.29, 1.82) is 0 Å². The molecule has 0 aliphatic heterocycles. The molecule has 0 amide bonds. The predicted octanol–water partition coefficient (Wildman–Crippen LogP) is 4.91. The Morgan fingerprint density at radius 1 is 1.28 bits per heavy atom. The lowest BCUT2D eigenvalue weighted by Gasteiger charge is -2.13. The number of hydrogen-bond acceptors (Lipinski definition) is 3. The number of hydrogen-bond donors (Lipinski definition) is 1. The van der Waals surface area contributed by atoms with E-state index >= 15 is 0 Å². The van der Waals surface area contributed by atoms with E-state index in [-0.39, 0.29) is 0 Å². The third-order valence-electron chi connectivity index (χ3n) is 2.42. The normalized spacial score (nSPS) is 12.4. The number of aliphatic hydroxyl groups excluding tert-OH is 1. The Bertz CT molecular complexity index is 538. The summed E-state index contributed by atoms with van der Waals surface area (Å²) in [6.07, 6.45) is -0.539. The molecule has 0 saturated heterocycles. The third kappa shape index (κ3) is 3.57. The summed E-state index contributed by atoms with van der Waals surface area (Å²) in [6.45, 7) is 2.24. The van der Waals surface area contributed by atoms with Gasteiger partial charge < -0.3 is 9.84 Å². The minimum Gasteiger partial charge on any atom is -0.488 e. The first-order valence-corrected chi connectivity index (χ1v) is 7.81. The average Bonchev–Trinajstić information content (AvgIpc) is 2.72. The van der Waals surface area contributed by atoms with Gasteiger partial charge >= 0.3 is 0 Å². The summed E-state index contributed by atoms with van der Waals surface area (Å²) in [5.41, 5.74) is 0.800. The Labute approximate surface area is 127 Å². The van der Waals surface area contributed by atoms with E-state index in [1.807, 2.05) is 30.3 Å². The number of aliphatic hydroxyl groups is 1. The highest BCUT2D eigenvalue weighted by Gasteiger charge is 2.10. The van der Waals surface area contributed by atoms with E-state index in [0.29, 0.717) is 12.4 Å². The molecular formula is C13H12Br2O2S. The molecule has 1 heterocycles. The lowest BCUT2D eigenvalue weighted by molar-refractivity contribution is 0.190. The van der Waals surface area contributed by atoms with Crippen LogP contribution in [-0.4, -0.2) is 5.11 Å². The fourth-order valence-corrected chi connectivity index (χ4v) is 3.29. The van der Waals surface area contributed by atoms with Crippen LogP contribution in [0.4, 0.5) is 0 Å². The molecule has 18 heavy (non-hydrogen) atoms. The van der Waals surface area contributed by atoms with Gasteiger partial charge in [-0.15, -0.1) is 11.3 Å². The Morgan fingerprint density at radius 2 is 2.06 bits per heavy atom. The van der Waals surface area contributed by atoms with Crippen LogP contribution in [0.5, 0.6) is 5.75 Å². The molecule has 0 radical (unpaired) electrons. The van der Waals surface area contributed by atoms with Gasteiger partial charge in [-0.1, -0.05) is 22.0 Å². The monoisotopic (exact) mass is 390 g/mol. The maximum absolute atomic E-state index is 9.70. The maximum atomic E-state index is 9.70. The molecule has 1 N–H and O–H groups in total. The SMILES string of the molecule is C[C@@H](O)c1ccc(Br)cc1OCc1ccc(Br)s1. The van der Waals surface area contributed by atoms with E-state index in [1.54, 1.807) is 18.3 Å². The summed E-state index contributed by atoms with van der Waals surface area (Å²) in [5.74, 6) is 0.712. The highest BCUT2D eigenvalue weighted by molar-refractivity contribution is 9.11. The number of thiophene rings is 1. The lowest BCUT2D eigenvalue weighted by Crippen LogP contribution is -2.00. The highest BCUT2D eigenvalue weighted by Crippen LogP contribution is 2.30. The van der Waals surface area contributed by atoms with Crippen LogP contribution in [-0.2, 0) is 6.61 Å². The molecule has 2 rings (SSSR count). The van der Waals surface area contributed by atoms with Gasteiger partial charge in [0.2, 0.25) is 0 Å². The molecule has 0 bridgehead atoms. The highest BCUT2D eigenvalue weighted by atomic mass is 79.9. The second kappa shape index (κ2) is 6.19. The molecule has 0 aliphatic rings. The Balaban J connectivity index is 2.15. The molecule has 1 aromatic carbocycles.